The molecule has 53 heavy (non-hydrogen) atoms. The molecule has 12 rings (SSSR count). The highest BCUT2D eigenvalue weighted by molar-refractivity contribution is 6.34. The average Bonchev–Trinajstić information content (AvgIpc) is 3.61. The van der Waals surface area contributed by atoms with Crippen LogP contribution in [0.2, 0.25) is 0 Å². The molecular formula is C52H31N. The van der Waals surface area contributed by atoms with E-state index in [0.717, 1.165) is 5.52 Å². The molecule has 0 unspecified atom stereocenters. The minimum absolute atomic E-state index is 1.16. The second-order valence-electron chi connectivity index (χ2n) is 14.4. The molecule has 0 fully saturated rings. The summed E-state index contributed by atoms with van der Waals surface area (Å²) < 4.78 is 0. The molecule has 0 aliphatic heterocycles. The highest BCUT2D eigenvalue weighted by atomic mass is 14.7. The molecule has 0 atom stereocenters. The van der Waals surface area contributed by atoms with Crippen LogP contribution in [-0.2, 0) is 0 Å². The van der Waals surface area contributed by atoms with Crippen LogP contribution in [-0.4, -0.2) is 4.98 Å². The van der Waals surface area contributed by atoms with Crippen LogP contribution in [0.15, 0.2) is 182 Å². The quantitative estimate of drug-likeness (QED) is 0.139. The fourth-order valence-corrected chi connectivity index (χ4v) is 9.51. The number of benzene rings is 11. The molecule has 1 aromatic heterocycles. The van der Waals surface area contributed by atoms with Crippen molar-refractivity contribution >= 4 is 97.2 Å². The van der Waals surface area contributed by atoms with Gasteiger partial charge in [0.2, 0.25) is 0 Å². The monoisotopic (exact) mass is 669 g/mol. The van der Waals surface area contributed by atoms with Crippen LogP contribution in [0, 0.1) is 0 Å². The summed E-state index contributed by atoms with van der Waals surface area (Å²) in [7, 11) is 0. The first-order valence-electron chi connectivity index (χ1n) is 18.4. The average molecular weight is 670 g/mol. The van der Waals surface area contributed by atoms with Crippen molar-refractivity contribution in [2.45, 2.75) is 0 Å². The summed E-state index contributed by atoms with van der Waals surface area (Å²) >= 11 is 0. The Kier molecular flexibility index (Phi) is 5.84. The van der Waals surface area contributed by atoms with Gasteiger partial charge in [-0.3, -0.25) is 0 Å². The Labute approximate surface area is 305 Å². The normalized spacial score (nSPS) is 12.2. The molecule has 1 N–H and O–H groups in total. The molecule has 11 aromatic carbocycles. The third-order valence-corrected chi connectivity index (χ3v) is 11.7. The van der Waals surface area contributed by atoms with Crippen molar-refractivity contribution in [1.29, 1.82) is 0 Å². The highest BCUT2D eigenvalue weighted by Gasteiger charge is 2.21. The van der Waals surface area contributed by atoms with Crippen molar-refractivity contribution in [2.24, 2.45) is 0 Å². The van der Waals surface area contributed by atoms with Crippen LogP contribution in [0.3, 0.4) is 0 Å². The van der Waals surface area contributed by atoms with Crippen LogP contribution in [0.4, 0.5) is 0 Å². The highest BCUT2D eigenvalue weighted by Crippen LogP contribution is 2.49. The van der Waals surface area contributed by atoms with E-state index in [1.807, 2.05) is 0 Å². The third-order valence-electron chi connectivity index (χ3n) is 11.7. The van der Waals surface area contributed by atoms with Gasteiger partial charge in [0, 0.05) is 21.7 Å². The van der Waals surface area contributed by atoms with Gasteiger partial charge in [-0.25, -0.2) is 0 Å². The van der Waals surface area contributed by atoms with E-state index in [9.17, 15) is 0 Å². The van der Waals surface area contributed by atoms with Crippen molar-refractivity contribution < 1.29 is 0 Å². The summed E-state index contributed by atoms with van der Waals surface area (Å²) in [6, 6.07) is 67.5. The summed E-state index contributed by atoms with van der Waals surface area (Å²) in [6.07, 6.45) is 0. The number of nitrogens with one attached hydrogen (secondary N) is 1. The van der Waals surface area contributed by atoms with Crippen molar-refractivity contribution in [3.8, 4) is 22.3 Å². The first-order valence-corrected chi connectivity index (χ1v) is 18.4. The zero-order chi connectivity index (χ0) is 34.6. The summed E-state index contributed by atoms with van der Waals surface area (Å²) in [5, 5.41) is 20.4. The topological polar surface area (TPSA) is 15.8 Å². The molecule has 0 saturated heterocycles. The Morgan fingerprint density at radius 2 is 0.755 bits per heavy atom. The maximum absolute atomic E-state index is 3.83. The Morgan fingerprint density at radius 1 is 0.283 bits per heavy atom. The Balaban J connectivity index is 1.20. The van der Waals surface area contributed by atoms with Crippen molar-refractivity contribution in [3.05, 3.63) is 182 Å². The molecule has 0 aliphatic carbocycles. The SMILES string of the molecule is c1ccc2c(c1)ccc1c3ccc(-c4c5ccccc5c(-c5cc6c7ccccc7c7ccccc7c6c6ccccc56)c5ccccc45)cc3[nH]c21. The molecule has 0 spiro atoms. The standard InChI is InChI=1S/C52H31N/c1-2-14-33-31(13-1)25-28-45-38-27-26-32(29-48(38)53-52(33)45)49-41-21-9-11-23-43(41)51(44-24-12-10-22-42(44)49)47-30-46-36-17-4-3-15-34(36)35-16-5-7-19-39(35)50(46)40-20-8-6-18-37(40)47/h1-30,53H. The summed E-state index contributed by atoms with van der Waals surface area (Å²) in [5.41, 5.74) is 7.40. The van der Waals surface area contributed by atoms with E-state index in [1.54, 1.807) is 0 Å². The van der Waals surface area contributed by atoms with E-state index in [2.05, 4.69) is 187 Å². The molecule has 1 nitrogen and oxygen atoms in total. The van der Waals surface area contributed by atoms with E-state index < -0.39 is 0 Å². The lowest BCUT2D eigenvalue weighted by Crippen LogP contribution is -1.93. The van der Waals surface area contributed by atoms with Crippen molar-refractivity contribution in [3.63, 3.8) is 0 Å². The lowest BCUT2D eigenvalue weighted by Gasteiger charge is -2.20. The van der Waals surface area contributed by atoms with Gasteiger partial charge in [-0.2, -0.15) is 0 Å². The molecule has 0 bridgehead atoms. The van der Waals surface area contributed by atoms with Crippen LogP contribution >= 0.6 is 0 Å². The van der Waals surface area contributed by atoms with Gasteiger partial charge in [0.1, 0.15) is 0 Å². The van der Waals surface area contributed by atoms with E-state index in [4.69, 9.17) is 0 Å². The zero-order valence-corrected chi connectivity index (χ0v) is 28.8. The predicted molar refractivity (Wildman–Crippen MR) is 229 cm³/mol. The molecular weight excluding hydrogens is 639 g/mol. The van der Waals surface area contributed by atoms with E-state index in [1.165, 1.54) is 114 Å². The van der Waals surface area contributed by atoms with E-state index in [-0.39, 0.29) is 0 Å². The van der Waals surface area contributed by atoms with Gasteiger partial charge in [0.15, 0.2) is 0 Å². The molecule has 0 saturated carbocycles. The van der Waals surface area contributed by atoms with Crippen LogP contribution < -0.4 is 0 Å². The largest absolute Gasteiger partial charge is 0.354 e. The van der Waals surface area contributed by atoms with E-state index in [0.29, 0.717) is 0 Å². The first-order chi connectivity index (χ1) is 26.3. The van der Waals surface area contributed by atoms with Gasteiger partial charge < -0.3 is 4.98 Å². The molecule has 0 radical (unpaired) electrons. The van der Waals surface area contributed by atoms with E-state index >= 15 is 0 Å². The minimum atomic E-state index is 1.16. The number of hydrogen-bond donors (Lipinski definition) is 1. The predicted octanol–water partition coefficient (Wildman–Crippen LogP) is 14.7. The fraction of sp³-hybridized carbons (Fsp3) is 0. The van der Waals surface area contributed by atoms with Gasteiger partial charge in [0.25, 0.3) is 0 Å². The number of rotatable bonds is 2. The number of aromatic nitrogens is 1. The third kappa shape index (κ3) is 3.97. The molecule has 1 heteroatoms. The van der Waals surface area contributed by atoms with Gasteiger partial charge in [-0.15, -0.1) is 0 Å². The minimum Gasteiger partial charge on any atom is -0.354 e. The Hall–Kier alpha value is -6.96. The van der Waals surface area contributed by atoms with Gasteiger partial charge in [-0.05, 0) is 104 Å². The number of fused-ring (bicyclic) bond motifs is 15. The molecule has 0 amide bonds. The molecule has 1 heterocycles. The number of aromatic amines is 1. The Bertz CT molecular complexity index is 3450. The summed E-state index contributed by atoms with van der Waals surface area (Å²) in [6.45, 7) is 0. The first kappa shape index (κ1) is 28.7. The molecule has 12 aromatic rings. The summed E-state index contributed by atoms with van der Waals surface area (Å²) in [5.74, 6) is 0. The summed E-state index contributed by atoms with van der Waals surface area (Å²) in [4.78, 5) is 3.83. The maximum Gasteiger partial charge on any atom is 0.0544 e. The van der Waals surface area contributed by atoms with Crippen molar-refractivity contribution in [2.75, 3.05) is 0 Å². The fourth-order valence-electron chi connectivity index (χ4n) is 9.51. The zero-order valence-electron chi connectivity index (χ0n) is 28.8. The van der Waals surface area contributed by atoms with Crippen LogP contribution in [0.5, 0.6) is 0 Å². The number of H-pyrrole nitrogens is 1. The lowest BCUT2D eigenvalue weighted by molar-refractivity contribution is 1.56. The van der Waals surface area contributed by atoms with Crippen LogP contribution in [0.25, 0.3) is 119 Å². The molecule has 0 aliphatic rings. The Morgan fingerprint density at radius 3 is 1.42 bits per heavy atom. The van der Waals surface area contributed by atoms with Gasteiger partial charge in [-0.1, -0.05) is 170 Å². The van der Waals surface area contributed by atoms with Gasteiger partial charge in [0.05, 0.1) is 5.52 Å². The smallest absolute Gasteiger partial charge is 0.0544 e. The second kappa shape index (κ2) is 10.8. The maximum atomic E-state index is 3.83. The molecule has 244 valence electrons. The van der Waals surface area contributed by atoms with Crippen LogP contribution in [0.1, 0.15) is 0 Å². The second-order valence-corrected chi connectivity index (χ2v) is 14.4. The number of hydrogen-bond acceptors (Lipinski definition) is 0. The lowest BCUT2D eigenvalue weighted by atomic mass is 9.82. The van der Waals surface area contributed by atoms with Crippen molar-refractivity contribution in [1.82, 2.24) is 4.98 Å². The van der Waals surface area contributed by atoms with Gasteiger partial charge >= 0.3 is 0 Å².